The van der Waals surface area contributed by atoms with E-state index >= 15 is 0 Å². The number of benzene rings is 1. The molecule has 2 unspecified atom stereocenters. The van der Waals surface area contributed by atoms with Crippen molar-refractivity contribution in [3.8, 4) is 5.75 Å². The summed E-state index contributed by atoms with van der Waals surface area (Å²) >= 11 is 0. The number of hydrogen-bond donors (Lipinski definition) is 2. The van der Waals surface area contributed by atoms with Gasteiger partial charge in [-0.1, -0.05) is 32.9 Å². The third-order valence-corrected chi connectivity index (χ3v) is 3.76. The summed E-state index contributed by atoms with van der Waals surface area (Å²) in [6.07, 6.45) is 2.01. The van der Waals surface area contributed by atoms with Crippen molar-refractivity contribution in [3.63, 3.8) is 0 Å². The molecule has 0 spiro atoms. The fraction of sp³-hybridized carbons (Fsp3) is 0.625. The second-order valence-electron chi connectivity index (χ2n) is 6.53. The largest absolute Gasteiger partial charge is 0.486 e. The summed E-state index contributed by atoms with van der Waals surface area (Å²) in [5.74, 6) is 1.31. The first-order chi connectivity index (χ1) is 8.91. The number of hydrogen-bond acceptors (Lipinski definition) is 3. The van der Waals surface area contributed by atoms with Gasteiger partial charge in [-0.3, -0.25) is 0 Å². The first-order valence-corrected chi connectivity index (χ1v) is 7.05. The molecule has 1 aliphatic carbocycles. The van der Waals surface area contributed by atoms with Gasteiger partial charge < -0.3 is 15.6 Å². The molecule has 1 aromatic carbocycles. The van der Waals surface area contributed by atoms with E-state index in [2.05, 4.69) is 26.8 Å². The van der Waals surface area contributed by atoms with E-state index in [1.165, 1.54) is 5.56 Å². The van der Waals surface area contributed by atoms with Crippen molar-refractivity contribution in [1.82, 2.24) is 0 Å². The Balaban J connectivity index is 2.08. The van der Waals surface area contributed by atoms with E-state index in [1.54, 1.807) is 0 Å². The summed E-state index contributed by atoms with van der Waals surface area (Å²) < 4.78 is 5.89. The minimum Gasteiger partial charge on any atom is -0.486 e. The predicted octanol–water partition coefficient (Wildman–Crippen LogP) is 2.46. The van der Waals surface area contributed by atoms with E-state index in [0.717, 1.165) is 18.6 Å². The Hall–Kier alpha value is -1.06. The monoisotopic (exact) mass is 263 g/mol. The lowest BCUT2D eigenvalue weighted by Crippen LogP contribution is -2.43. The molecule has 0 saturated heterocycles. The Morgan fingerprint density at radius 3 is 2.58 bits per heavy atom. The van der Waals surface area contributed by atoms with Gasteiger partial charge in [-0.2, -0.15) is 0 Å². The normalized spacial score (nSPS) is 19.0. The highest BCUT2D eigenvalue weighted by atomic mass is 16.5. The van der Waals surface area contributed by atoms with Crippen LogP contribution in [0.4, 0.5) is 0 Å². The van der Waals surface area contributed by atoms with Gasteiger partial charge in [0.25, 0.3) is 0 Å². The summed E-state index contributed by atoms with van der Waals surface area (Å²) in [5, 5.41) is 9.46. The standard InChI is InChI=1S/C16H25NO2/c1-16(2,3)12-5-4-6-13(9-12)19-14(10-18)15(17)11-7-8-11/h4-6,9,11,14-15,18H,7-8,10,17H2,1-3H3. The lowest BCUT2D eigenvalue weighted by molar-refractivity contribution is 0.0881. The van der Waals surface area contributed by atoms with Crippen LogP contribution in [0.25, 0.3) is 0 Å². The topological polar surface area (TPSA) is 55.5 Å². The van der Waals surface area contributed by atoms with Crippen LogP contribution < -0.4 is 10.5 Å². The predicted molar refractivity (Wildman–Crippen MR) is 77.3 cm³/mol. The molecular formula is C16H25NO2. The van der Waals surface area contributed by atoms with Gasteiger partial charge in [-0.25, -0.2) is 0 Å². The second kappa shape index (κ2) is 5.51. The Kier molecular flexibility index (Phi) is 4.16. The molecule has 0 heterocycles. The molecule has 2 rings (SSSR count). The Morgan fingerprint density at radius 2 is 2.05 bits per heavy atom. The van der Waals surface area contributed by atoms with Gasteiger partial charge in [0.05, 0.1) is 6.61 Å². The van der Waals surface area contributed by atoms with Crippen molar-refractivity contribution in [1.29, 1.82) is 0 Å². The zero-order valence-corrected chi connectivity index (χ0v) is 12.1. The van der Waals surface area contributed by atoms with E-state index in [-0.39, 0.29) is 24.2 Å². The highest BCUT2D eigenvalue weighted by molar-refractivity contribution is 5.32. The van der Waals surface area contributed by atoms with Gasteiger partial charge in [0.15, 0.2) is 0 Å². The molecule has 0 amide bonds. The highest BCUT2D eigenvalue weighted by Gasteiger charge is 2.34. The molecule has 1 aliphatic rings. The van der Waals surface area contributed by atoms with Crippen molar-refractivity contribution in [2.24, 2.45) is 11.7 Å². The van der Waals surface area contributed by atoms with Crippen molar-refractivity contribution in [2.75, 3.05) is 6.61 Å². The van der Waals surface area contributed by atoms with Crippen LogP contribution in [-0.2, 0) is 5.41 Å². The fourth-order valence-corrected chi connectivity index (χ4v) is 2.23. The SMILES string of the molecule is CC(C)(C)c1cccc(OC(CO)C(N)C2CC2)c1. The van der Waals surface area contributed by atoms with E-state index in [4.69, 9.17) is 10.5 Å². The van der Waals surface area contributed by atoms with Crippen molar-refractivity contribution in [2.45, 2.75) is 51.2 Å². The Morgan fingerprint density at radius 1 is 1.37 bits per heavy atom. The van der Waals surface area contributed by atoms with E-state index in [1.807, 2.05) is 18.2 Å². The average Bonchev–Trinajstić information content (AvgIpc) is 3.18. The quantitative estimate of drug-likeness (QED) is 0.858. The van der Waals surface area contributed by atoms with Crippen LogP contribution in [0.15, 0.2) is 24.3 Å². The van der Waals surface area contributed by atoms with Gasteiger partial charge in [-0.05, 0) is 41.9 Å². The summed E-state index contributed by atoms with van der Waals surface area (Å²) in [6, 6.07) is 8.00. The van der Waals surface area contributed by atoms with Gasteiger partial charge in [-0.15, -0.1) is 0 Å². The fourth-order valence-electron chi connectivity index (χ4n) is 2.23. The lowest BCUT2D eigenvalue weighted by atomic mass is 9.87. The molecule has 2 atom stereocenters. The maximum absolute atomic E-state index is 9.46. The minimum atomic E-state index is -0.303. The maximum Gasteiger partial charge on any atom is 0.137 e. The molecule has 0 bridgehead atoms. The van der Waals surface area contributed by atoms with Crippen molar-refractivity contribution in [3.05, 3.63) is 29.8 Å². The number of aliphatic hydroxyl groups excluding tert-OH is 1. The molecule has 1 aromatic rings. The minimum absolute atomic E-state index is 0.0303. The molecule has 1 fully saturated rings. The molecule has 0 aliphatic heterocycles. The van der Waals surface area contributed by atoms with Crippen LogP contribution in [0.1, 0.15) is 39.2 Å². The Bertz CT molecular complexity index is 421. The molecule has 19 heavy (non-hydrogen) atoms. The summed E-state index contributed by atoms with van der Waals surface area (Å²) in [4.78, 5) is 0. The molecule has 3 heteroatoms. The van der Waals surface area contributed by atoms with E-state index in [9.17, 15) is 5.11 Å². The van der Waals surface area contributed by atoms with Gasteiger partial charge in [0.2, 0.25) is 0 Å². The van der Waals surface area contributed by atoms with Gasteiger partial charge in [0, 0.05) is 6.04 Å². The first kappa shape index (κ1) is 14.4. The van der Waals surface area contributed by atoms with Crippen LogP contribution in [0.2, 0.25) is 0 Å². The zero-order valence-electron chi connectivity index (χ0n) is 12.1. The zero-order chi connectivity index (χ0) is 14.0. The van der Waals surface area contributed by atoms with Gasteiger partial charge in [0.1, 0.15) is 11.9 Å². The molecule has 3 N–H and O–H groups in total. The molecule has 3 nitrogen and oxygen atoms in total. The van der Waals surface area contributed by atoms with Crippen LogP contribution in [0.5, 0.6) is 5.75 Å². The third kappa shape index (κ3) is 3.71. The molecule has 0 aromatic heterocycles. The summed E-state index contributed by atoms with van der Waals surface area (Å²) in [7, 11) is 0. The number of aliphatic hydroxyl groups is 1. The number of nitrogens with two attached hydrogens (primary N) is 1. The maximum atomic E-state index is 9.46. The van der Waals surface area contributed by atoms with E-state index in [0.29, 0.717) is 5.92 Å². The van der Waals surface area contributed by atoms with Crippen LogP contribution >= 0.6 is 0 Å². The number of rotatable bonds is 5. The highest BCUT2D eigenvalue weighted by Crippen LogP contribution is 2.34. The van der Waals surface area contributed by atoms with Crippen LogP contribution in [0.3, 0.4) is 0 Å². The average molecular weight is 263 g/mol. The summed E-state index contributed by atoms with van der Waals surface area (Å²) in [5.41, 5.74) is 7.43. The van der Waals surface area contributed by atoms with Crippen LogP contribution in [0, 0.1) is 5.92 Å². The molecule has 106 valence electrons. The van der Waals surface area contributed by atoms with Crippen molar-refractivity contribution < 1.29 is 9.84 Å². The smallest absolute Gasteiger partial charge is 0.137 e. The summed E-state index contributed by atoms with van der Waals surface area (Å²) in [6.45, 7) is 6.49. The molecule has 0 radical (unpaired) electrons. The van der Waals surface area contributed by atoms with Crippen molar-refractivity contribution >= 4 is 0 Å². The Labute approximate surface area is 115 Å². The van der Waals surface area contributed by atoms with Crippen LogP contribution in [-0.4, -0.2) is 23.9 Å². The van der Waals surface area contributed by atoms with Gasteiger partial charge >= 0.3 is 0 Å². The third-order valence-electron chi connectivity index (χ3n) is 3.76. The number of ether oxygens (including phenoxy) is 1. The lowest BCUT2D eigenvalue weighted by Gasteiger charge is -2.25. The second-order valence-corrected chi connectivity index (χ2v) is 6.53. The van der Waals surface area contributed by atoms with E-state index < -0.39 is 0 Å². The molecule has 1 saturated carbocycles. The first-order valence-electron chi connectivity index (χ1n) is 7.05. The molecular weight excluding hydrogens is 238 g/mol.